The van der Waals surface area contributed by atoms with Gasteiger partial charge in [-0.3, -0.25) is 4.79 Å². The third kappa shape index (κ3) is 2.09. The smallest absolute Gasteiger partial charge is 0.254 e. The molecular weight excluding hydrogens is 200 g/mol. The molecule has 2 N–H and O–H groups in total. The van der Waals surface area contributed by atoms with Crippen molar-refractivity contribution in [1.82, 2.24) is 4.90 Å². The van der Waals surface area contributed by atoms with Gasteiger partial charge in [0.25, 0.3) is 5.91 Å². The van der Waals surface area contributed by atoms with Crippen LogP contribution in [0, 0.1) is 6.92 Å². The Kier molecular flexibility index (Phi) is 3.25. The van der Waals surface area contributed by atoms with Crippen molar-refractivity contribution in [2.24, 2.45) is 5.73 Å². The number of benzene rings is 1. The number of carbonyl (C=O) groups excluding carboxylic acids is 1. The molecule has 2 rings (SSSR count). The number of nitrogens with two attached hydrogens (primary N) is 1. The summed E-state index contributed by atoms with van der Waals surface area (Å²) in [6.07, 6.45) is 1.85. The average molecular weight is 218 g/mol. The monoisotopic (exact) mass is 218 g/mol. The van der Waals surface area contributed by atoms with Crippen LogP contribution in [-0.4, -0.2) is 30.4 Å². The first-order valence-electron chi connectivity index (χ1n) is 5.81. The summed E-state index contributed by atoms with van der Waals surface area (Å²) in [7, 11) is 0. The highest BCUT2D eigenvalue weighted by atomic mass is 16.2. The zero-order valence-corrected chi connectivity index (χ0v) is 9.70. The molecule has 0 radical (unpaired) electrons. The second-order valence-corrected chi connectivity index (χ2v) is 4.35. The van der Waals surface area contributed by atoms with Gasteiger partial charge in [0, 0.05) is 18.7 Å². The van der Waals surface area contributed by atoms with E-state index < -0.39 is 0 Å². The number of hydrogen-bond donors (Lipinski definition) is 1. The van der Waals surface area contributed by atoms with Crippen LogP contribution in [0.25, 0.3) is 0 Å². The van der Waals surface area contributed by atoms with E-state index in [1.54, 1.807) is 0 Å². The van der Waals surface area contributed by atoms with E-state index in [0.29, 0.717) is 6.54 Å². The minimum Gasteiger partial charge on any atom is -0.338 e. The molecule has 1 aromatic rings. The third-order valence-corrected chi connectivity index (χ3v) is 3.07. The Hall–Kier alpha value is -1.35. The summed E-state index contributed by atoms with van der Waals surface area (Å²) < 4.78 is 0. The maximum absolute atomic E-state index is 12.2. The standard InChI is InChI=1S/C13H18N2O/c1-10-3-4-11-5-8-15(7-2-6-14)13(16)12(11)9-10/h3-4,9H,2,5-8,14H2,1H3. The minimum atomic E-state index is 0.165. The second-order valence-electron chi connectivity index (χ2n) is 4.35. The summed E-state index contributed by atoms with van der Waals surface area (Å²) in [6, 6.07) is 6.14. The Labute approximate surface area is 96.2 Å². The summed E-state index contributed by atoms with van der Waals surface area (Å²) in [4.78, 5) is 14.1. The maximum atomic E-state index is 12.2. The number of hydrogen-bond acceptors (Lipinski definition) is 2. The lowest BCUT2D eigenvalue weighted by molar-refractivity contribution is 0.0739. The summed E-state index contributed by atoms with van der Waals surface area (Å²) in [6.45, 7) is 4.27. The lowest BCUT2D eigenvalue weighted by atomic mass is 9.97. The van der Waals surface area contributed by atoms with Gasteiger partial charge in [0.1, 0.15) is 0 Å². The zero-order chi connectivity index (χ0) is 11.5. The Balaban J connectivity index is 2.20. The summed E-state index contributed by atoms with van der Waals surface area (Å²) in [5, 5.41) is 0. The molecule has 0 aliphatic carbocycles. The van der Waals surface area contributed by atoms with E-state index in [0.717, 1.165) is 37.1 Å². The van der Waals surface area contributed by atoms with Crippen molar-refractivity contribution in [3.63, 3.8) is 0 Å². The van der Waals surface area contributed by atoms with Crippen LogP contribution in [0.15, 0.2) is 18.2 Å². The normalized spacial score (nSPS) is 15.1. The van der Waals surface area contributed by atoms with E-state index in [1.807, 2.05) is 17.9 Å². The molecule has 1 aliphatic heterocycles. The number of amides is 1. The molecule has 0 saturated heterocycles. The molecule has 1 heterocycles. The maximum Gasteiger partial charge on any atom is 0.254 e. The van der Waals surface area contributed by atoms with Crippen LogP contribution in [0.5, 0.6) is 0 Å². The molecule has 16 heavy (non-hydrogen) atoms. The van der Waals surface area contributed by atoms with E-state index >= 15 is 0 Å². The molecule has 86 valence electrons. The summed E-state index contributed by atoms with van der Waals surface area (Å²) >= 11 is 0. The Morgan fingerprint density at radius 2 is 2.25 bits per heavy atom. The van der Waals surface area contributed by atoms with Crippen LogP contribution in [0.3, 0.4) is 0 Å². The Morgan fingerprint density at radius 3 is 3.00 bits per heavy atom. The Morgan fingerprint density at radius 1 is 1.44 bits per heavy atom. The molecule has 1 amide bonds. The number of fused-ring (bicyclic) bond motifs is 1. The van der Waals surface area contributed by atoms with Gasteiger partial charge in [-0.15, -0.1) is 0 Å². The van der Waals surface area contributed by atoms with E-state index in [2.05, 4.69) is 12.1 Å². The molecule has 3 heteroatoms. The van der Waals surface area contributed by atoms with Crippen LogP contribution in [-0.2, 0) is 6.42 Å². The van der Waals surface area contributed by atoms with E-state index in [-0.39, 0.29) is 5.91 Å². The van der Waals surface area contributed by atoms with Gasteiger partial charge >= 0.3 is 0 Å². The molecule has 0 atom stereocenters. The average Bonchev–Trinajstić information content (AvgIpc) is 2.29. The van der Waals surface area contributed by atoms with Gasteiger partial charge in [-0.25, -0.2) is 0 Å². The molecule has 1 aliphatic rings. The lowest BCUT2D eigenvalue weighted by Crippen LogP contribution is -2.38. The van der Waals surface area contributed by atoms with Gasteiger partial charge in [-0.2, -0.15) is 0 Å². The fourth-order valence-electron chi connectivity index (χ4n) is 2.13. The topological polar surface area (TPSA) is 46.3 Å². The summed E-state index contributed by atoms with van der Waals surface area (Å²) in [5.41, 5.74) is 8.68. The van der Waals surface area contributed by atoms with Crippen molar-refractivity contribution in [2.75, 3.05) is 19.6 Å². The molecule has 0 aromatic heterocycles. The van der Waals surface area contributed by atoms with Gasteiger partial charge < -0.3 is 10.6 Å². The first kappa shape index (κ1) is 11.1. The van der Waals surface area contributed by atoms with Crippen molar-refractivity contribution in [3.8, 4) is 0 Å². The molecule has 0 bridgehead atoms. The fourth-order valence-corrected chi connectivity index (χ4v) is 2.13. The summed E-state index contributed by atoms with van der Waals surface area (Å²) in [5.74, 6) is 0.165. The van der Waals surface area contributed by atoms with Gasteiger partial charge in [0.05, 0.1) is 0 Å². The quantitative estimate of drug-likeness (QED) is 0.832. The van der Waals surface area contributed by atoms with Gasteiger partial charge in [-0.05, 0) is 37.9 Å². The van der Waals surface area contributed by atoms with Crippen LogP contribution >= 0.6 is 0 Å². The van der Waals surface area contributed by atoms with Crippen molar-refractivity contribution in [1.29, 1.82) is 0 Å². The van der Waals surface area contributed by atoms with Crippen molar-refractivity contribution in [2.45, 2.75) is 19.8 Å². The lowest BCUT2D eigenvalue weighted by Gasteiger charge is -2.28. The van der Waals surface area contributed by atoms with Crippen molar-refractivity contribution < 1.29 is 4.79 Å². The molecule has 0 fully saturated rings. The fraction of sp³-hybridized carbons (Fsp3) is 0.462. The predicted molar refractivity (Wildman–Crippen MR) is 64.5 cm³/mol. The third-order valence-electron chi connectivity index (χ3n) is 3.07. The largest absolute Gasteiger partial charge is 0.338 e. The first-order valence-corrected chi connectivity index (χ1v) is 5.81. The number of aryl methyl sites for hydroxylation is 1. The van der Waals surface area contributed by atoms with Crippen molar-refractivity contribution in [3.05, 3.63) is 34.9 Å². The highest BCUT2D eigenvalue weighted by Crippen LogP contribution is 2.20. The molecule has 3 nitrogen and oxygen atoms in total. The highest BCUT2D eigenvalue weighted by Gasteiger charge is 2.23. The van der Waals surface area contributed by atoms with E-state index in [1.165, 1.54) is 5.56 Å². The number of rotatable bonds is 3. The number of carbonyl (C=O) groups is 1. The Bertz CT molecular complexity index is 401. The van der Waals surface area contributed by atoms with Gasteiger partial charge in [0.15, 0.2) is 0 Å². The van der Waals surface area contributed by atoms with Gasteiger partial charge in [-0.1, -0.05) is 17.7 Å². The van der Waals surface area contributed by atoms with Crippen molar-refractivity contribution >= 4 is 5.91 Å². The molecule has 0 saturated carbocycles. The highest BCUT2D eigenvalue weighted by molar-refractivity contribution is 5.96. The first-order chi connectivity index (χ1) is 7.72. The molecular formula is C13H18N2O. The SMILES string of the molecule is Cc1ccc2c(c1)C(=O)N(CCCN)CC2. The van der Waals surface area contributed by atoms with Gasteiger partial charge in [0.2, 0.25) is 0 Å². The van der Waals surface area contributed by atoms with Crippen LogP contribution in [0.1, 0.15) is 27.9 Å². The number of nitrogens with zero attached hydrogens (tertiary/aromatic N) is 1. The van der Waals surface area contributed by atoms with E-state index in [4.69, 9.17) is 5.73 Å². The zero-order valence-electron chi connectivity index (χ0n) is 9.70. The molecule has 0 unspecified atom stereocenters. The van der Waals surface area contributed by atoms with Crippen LogP contribution < -0.4 is 5.73 Å². The molecule has 0 spiro atoms. The van der Waals surface area contributed by atoms with Crippen LogP contribution in [0.4, 0.5) is 0 Å². The predicted octanol–water partition coefficient (Wildman–Crippen LogP) is 1.34. The molecule has 1 aromatic carbocycles. The second kappa shape index (κ2) is 4.66. The van der Waals surface area contributed by atoms with E-state index in [9.17, 15) is 4.79 Å². The van der Waals surface area contributed by atoms with Crippen LogP contribution in [0.2, 0.25) is 0 Å². The minimum absolute atomic E-state index is 0.165.